The maximum Gasteiger partial charge on any atom is 0.431 e. The van der Waals surface area contributed by atoms with Gasteiger partial charge in [-0.3, -0.25) is 15.0 Å². The molecule has 2 aromatic rings. The summed E-state index contributed by atoms with van der Waals surface area (Å²) in [6.07, 6.45) is -1.45. The van der Waals surface area contributed by atoms with E-state index in [2.05, 4.69) is 15.1 Å². The highest BCUT2D eigenvalue weighted by molar-refractivity contribution is 5.94. The van der Waals surface area contributed by atoms with E-state index in [1.54, 1.807) is 26.4 Å². The third-order valence-corrected chi connectivity index (χ3v) is 6.08. The van der Waals surface area contributed by atoms with Crippen molar-refractivity contribution in [2.45, 2.75) is 37.5 Å². The lowest BCUT2D eigenvalue weighted by Gasteiger charge is -2.49. The topological polar surface area (TPSA) is 76.1 Å². The molecule has 3 heterocycles. The van der Waals surface area contributed by atoms with Gasteiger partial charge in [-0.15, -0.1) is 0 Å². The van der Waals surface area contributed by atoms with E-state index in [0.717, 1.165) is 16.7 Å². The van der Waals surface area contributed by atoms with Gasteiger partial charge in [-0.1, -0.05) is 18.2 Å². The smallest absolute Gasteiger partial charge is 0.431 e. The Kier molecular flexibility index (Phi) is 4.52. The van der Waals surface area contributed by atoms with Crippen LogP contribution in [-0.2, 0) is 5.54 Å². The summed E-state index contributed by atoms with van der Waals surface area (Å²) in [6.45, 7) is 3.62. The molecule has 30 heavy (non-hydrogen) atoms. The molecular weight excluding hydrogens is 395 g/mol. The van der Waals surface area contributed by atoms with Gasteiger partial charge in [0.15, 0.2) is 0 Å². The number of ether oxygens (including phenoxy) is 1. The average Bonchev–Trinajstić information content (AvgIpc) is 3.07. The summed E-state index contributed by atoms with van der Waals surface area (Å²) in [5.74, 6) is 0.858. The minimum atomic E-state index is -4.50. The Morgan fingerprint density at radius 2 is 1.90 bits per heavy atom. The molecule has 0 fully saturated rings. The molecule has 158 valence electrons. The molecule has 4 rings (SSSR count). The lowest BCUT2D eigenvalue weighted by atomic mass is 9.70. The zero-order valence-corrected chi connectivity index (χ0v) is 16.9. The van der Waals surface area contributed by atoms with E-state index in [4.69, 9.17) is 10.5 Å². The number of methoxy groups -OCH3 is 1. The van der Waals surface area contributed by atoms with Crippen molar-refractivity contribution < 1.29 is 17.9 Å². The fraction of sp³-hybridized carbons (Fsp3) is 0.381. The molecule has 0 amide bonds. The van der Waals surface area contributed by atoms with Crippen LogP contribution in [0.4, 0.5) is 13.2 Å². The number of hydrazone groups is 1. The molecule has 6 nitrogen and oxygen atoms in total. The van der Waals surface area contributed by atoms with Crippen molar-refractivity contribution in [3.05, 3.63) is 48.3 Å². The molecule has 2 aliphatic rings. The number of aliphatic imine (C=N–C) groups is 1. The maximum absolute atomic E-state index is 13.4. The largest absolute Gasteiger partial charge is 0.495 e. The molecule has 2 unspecified atom stereocenters. The Bertz CT molecular complexity index is 1050. The van der Waals surface area contributed by atoms with Gasteiger partial charge in [0.1, 0.15) is 22.8 Å². The molecule has 2 atom stereocenters. The predicted molar refractivity (Wildman–Crippen MR) is 108 cm³/mol. The number of nitrogens with zero attached hydrogens (tertiary/aromatic N) is 4. The summed E-state index contributed by atoms with van der Waals surface area (Å²) in [7, 11) is 1.56. The van der Waals surface area contributed by atoms with Crippen molar-refractivity contribution in [3.8, 4) is 16.9 Å². The number of fused-ring (bicyclic) bond motifs is 1. The van der Waals surface area contributed by atoms with Crippen molar-refractivity contribution in [2.24, 2.45) is 15.8 Å². The first-order valence-electron chi connectivity index (χ1n) is 9.43. The summed E-state index contributed by atoms with van der Waals surface area (Å²) >= 11 is 0. The molecule has 1 aromatic heterocycles. The Labute approximate surface area is 172 Å². The van der Waals surface area contributed by atoms with Crippen LogP contribution in [0.5, 0.6) is 5.75 Å². The SMILES string of the molecule is COc1cncc(-c2cccc(C3(C)N=C(N)CN4N=C(C(F)(F)F)CC43C)c2)c1. The molecule has 2 N–H and O–H groups in total. The lowest BCUT2D eigenvalue weighted by Crippen LogP contribution is -2.60. The van der Waals surface area contributed by atoms with Gasteiger partial charge in [0.05, 0.1) is 25.4 Å². The van der Waals surface area contributed by atoms with Crippen LogP contribution in [0, 0.1) is 0 Å². The van der Waals surface area contributed by atoms with Crippen LogP contribution in [0.25, 0.3) is 11.1 Å². The number of hydrogen-bond acceptors (Lipinski definition) is 6. The molecule has 0 saturated carbocycles. The molecule has 1 aromatic carbocycles. The van der Waals surface area contributed by atoms with Crippen molar-refractivity contribution >= 4 is 11.5 Å². The Balaban J connectivity index is 1.80. The number of amidine groups is 1. The standard InChI is InChI=1S/C21H22F3N5O/c1-19-9-17(21(22,23)24)28-29(19)12-18(25)27-20(19,2)15-6-4-5-13(7-15)14-8-16(30-3)11-26-10-14/h4-8,10-11H,9,12H2,1-3H3,(H2,25,27). The van der Waals surface area contributed by atoms with Crippen molar-refractivity contribution in [1.29, 1.82) is 0 Å². The number of benzene rings is 1. The van der Waals surface area contributed by atoms with Crippen molar-refractivity contribution in [2.75, 3.05) is 13.7 Å². The van der Waals surface area contributed by atoms with Gasteiger partial charge in [-0.2, -0.15) is 18.3 Å². The summed E-state index contributed by atoms with van der Waals surface area (Å²) < 4.78 is 45.5. The number of rotatable bonds is 3. The van der Waals surface area contributed by atoms with Gasteiger partial charge in [-0.05, 0) is 37.1 Å². The van der Waals surface area contributed by atoms with Gasteiger partial charge in [0.25, 0.3) is 0 Å². The highest BCUT2D eigenvalue weighted by Crippen LogP contribution is 2.50. The van der Waals surface area contributed by atoms with Crippen LogP contribution in [0.3, 0.4) is 0 Å². The Morgan fingerprint density at radius 1 is 1.13 bits per heavy atom. The minimum absolute atomic E-state index is 0.0607. The average molecular weight is 417 g/mol. The number of nitrogens with two attached hydrogens (primary N) is 1. The fourth-order valence-electron chi connectivity index (χ4n) is 4.16. The third-order valence-electron chi connectivity index (χ3n) is 6.08. The first kappa shape index (κ1) is 20.2. The Hall–Kier alpha value is -3.10. The quantitative estimate of drug-likeness (QED) is 0.826. The van der Waals surface area contributed by atoms with Gasteiger partial charge in [0, 0.05) is 18.2 Å². The fourth-order valence-corrected chi connectivity index (χ4v) is 4.16. The minimum Gasteiger partial charge on any atom is -0.495 e. The number of alkyl halides is 3. The zero-order chi connectivity index (χ0) is 21.7. The second-order valence-corrected chi connectivity index (χ2v) is 7.92. The Morgan fingerprint density at radius 3 is 2.60 bits per heavy atom. The third kappa shape index (κ3) is 3.09. The van der Waals surface area contributed by atoms with E-state index in [-0.39, 0.29) is 18.8 Å². The van der Waals surface area contributed by atoms with E-state index in [0.29, 0.717) is 5.75 Å². The van der Waals surface area contributed by atoms with E-state index in [9.17, 15) is 13.2 Å². The zero-order valence-electron chi connectivity index (χ0n) is 16.9. The molecule has 0 saturated heterocycles. The van der Waals surface area contributed by atoms with E-state index < -0.39 is 23.0 Å². The van der Waals surface area contributed by atoms with Crippen LogP contribution in [0.1, 0.15) is 25.8 Å². The van der Waals surface area contributed by atoms with Crippen LogP contribution in [-0.4, -0.2) is 46.9 Å². The summed E-state index contributed by atoms with van der Waals surface area (Å²) in [5, 5.41) is 5.29. The molecule has 0 radical (unpaired) electrons. The van der Waals surface area contributed by atoms with Gasteiger partial charge >= 0.3 is 6.18 Å². The normalized spacial score (nSPS) is 26.1. The van der Waals surface area contributed by atoms with Crippen molar-refractivity contribution in [3.63, 3.8) is 0 Å². The molecule has 2 aliphatic heterocycles. The summed E-state index contributed by atoms with van der Waals surface area (Å²) in [4.78, 5) is 8.84. The summed E-state index contributed by atoms with van der Waals surface area (Å²) in [6, 6.07) is 9.37. The first-order chi connectivity index (χ1) is 14.1. The summed E-state index contributed by atoms with van der Waals surface area (Å²) in [5.41, 5.74) is 5.61. The molecule has 0 aliphatic carbocycles. The van der Waals surface area contributed by atoms with E-state index >= 15 is 0 Å². The van der Waals surface area contributed by atoms with Gasteiger partial charge < -0.3 is 10.5 Å². The number of halogens is 3. The van der Waals surface area contributed by atoms with E-state index in [1.165, 1.54) is 5.01 Å². The monoisotopic (exact) mass is 417 g/mol. The van der Waals surface area contributed by atoms with Crippen molar-refractivity contribution in [1.82, 2.24) is 9.99 Å². The predicted octanol–water partition coefficient (Wildman–Crippen LogP) is 3.73. The van der Waals surface area contributed by atoms with Crippen LogP contribution in [0.2, 0.25) is 0 Å². The number of aromatic nitrogens is 1. The second-order valence-electron chi connectivity index (χ2n) is 7.92. The molecule has 0 bridgehead atoms. The highest BCUT2D eigenvalue weighted by atomic mass is 19.4. The lowest BCUT2D eigenvalue weighted by molar-refractivity contribution is -0.0605. The van der Waals surface area contributed by atoms with Gasteiger partial charge in [0.2, 0.25) is 0 Å². The van der Waals surface area contributed by atoms with E-state index in [1.807, 2.05) is 37.3 Å². The molecular formula is C21H22F3N5O. The molecule has 0 spiro atoms. The van der Waals surface area contributed by atoms with Crippen LogP contribution < -0.4 is 10.5 Å². The number of pyridine rings is 1. The number of hydrogen-bond donors (Lipinski definition) is 1. The van der Waals surface area contributed by atoms with Crippen LogP contribution >= 0.6 is 0 Å². The second kappa shape index (κ2) is 6.72. The van der Waals surface area contributed by atoms with Crippen LogP contribution in [0.15, 0.2) is 52.8 Å². The maximum atomic E-state index is 13.4. The van der Waals surface area contributed by atoms with Gasteiger partial charge in [-0.25, -0.2) is 0 Å². The highest BCUT2D eigenvalue weighted by Gasteiger charge is 2.59. The molecule has 9 heteroatoms. The first-order valence-corrected chi connectivity index (χ1v) is 9.43.